The van der Waals surface area contributed by atoms with Crippen molar-refractivity contribution in [2.45, 2.75) is 0 Å². The highest BCUT2D eigenvalue weighted by molar-refractivity contribution is 5.91. The number of hydrogen-bond donors (Lipinski definition) is 1. The second-order valence-corrected chi connectivity index (χ2v) is 5.08. The van der Waals surface area contributed by atoms with E-state index in [4.69, 9.17) is 9.57 Å². The van der Waals surface area contributed by atoms with E-state index in [9.17, 15) is 4.79 Å². The maximum Gasteiger partial charge on any atom is 0.437 e. The van der Waals surface area contributed by atoms with Crippen molar-refractivity contribution in [3.05, 3.63) is 72.3 Å². The van der Waals surface area contributed by atoms with E-state index in [0.717, 1.165) is 22.1 Å². The largest absolute Gasteiger partial charge is 0.497 e. The van der Waals surface area contributed by atoms with Gasteiger partial charge in [0.15, 0.2) is 0 Å². The number of benzene rings is 3. The lowest BCUT2D eigenvalue weighted by Gasteiger charge is -2.03. The first-order valence-electron chi connectivity index (χ1n) is 7.39. The molecular formula is C19H16N2O3. The third-order valence-electron chi connectivity index (χ3n) is 3.43. The van der Waals surface area contributed by atoms with Crippen LogP contribution in [-0.4, -0.2) is 19.4 Å². The zero-order valence-electron chi connectivity index (χ0n) is 13.1. The summed E-state index contributed by atoms with van der Waals surface area (Å²) in [5.74, 6) is 0.810. The molecule has 3 rings (SSSR count). The van der Waals surface area contributed by atoms with Gasteiger partial charge in [0.05, 0.1) is 13.3 Å². The smallest absolute Gasteiger partial charge is 0.437 e. The maximum atomic E-state index is 11.6. The Balaban J connectivity index is 1.64. The van der Waals surface area contributed by atoms with E-state index < -0.39 is 6.09 Å². The van der Waals surface area contributed by atoms with Crippen molar-refractivity contribution in [3.8, 4) is 5.75 Å². The lowest BCUT2D eigenvalue weighted by Crippen LogP contribution is -2.10. The molecule has 1 N–H and O–H groups in total. The van der Waals surface area contributed by atoms with E-state index in [1.54, 1.807) is 19.2 Å². The Bertz CT molecular complexity index is 876. The second kappa shape index (κ2) is 7.28. The fourth-order valence-corrected chi connectivity index (χ4v) is 2.25. The van der Waals surface area contributed by atoms with Crippen molar-refractivity contribution in [1.82, 2.24) is 0 Å². The number of amides is 1. The monoisotopic (exact) mass is 320 g/mol. The molecule has 1 amide bonds. The maximum absolute atomic E-state index is 11.6. The number of nitrogens with one attached hydrogen (secondary N) is 1. The van der Waals surface area contributed by atoms with Crippen molar-refractivity contribution in [2.75, 3.05) is 12.4 Å². The second-order valence-electron chi connectivity index (χ2n) is 5.08. The van der Waals surface area contributed by atoms with Crippen LogP contribution < -0.4 is 10.1 Å². The minimum absolute atomic E-state index is 0.636. The minimum Gasteiger partial charge on any atom is -0.497 e. The summed E-state index contributed by atoms with van der Waals surface area (Å²) < 4.78 is 5.20. The first-order valence-corrected chi connectivity index (χ1v) is 7.39. The molecule has 0 aromatic heterocycles. The molecule has 0 spiro atoms. The number of para-hydroxylation sites is 1. The predicted octanol–water partition coefficient (Wildman–Crippen LogP) is 4.43. The zero-order valence-corrected chi connectivity index (χ0v) is 13.1. The Labute approximate surface area is 139 Å². The van der Waals surface area contributed by atoms with Gasteiger partial charge >= 0.3 is 6.09 Å². The molecule has 3 aromatic rings. The first-order chi connectivity index (χ1) is 11.7. The van der Waals surface area contributed by atoms with Crippen LogP contribution in [0.25, 0.3) is 10.8 Å². The first kappa shape index (κ1) is 15.6. The summed E-state index contributed by atoms with van der Waals surface area (Å²) in [6, 6.07) is 20.7. The fourth-order valence-electron chi connectivity index (χ4n) is 2.25. The molecule has 0 saturated carbocycles. The molecular weight excluding hydrogens is 304 g/mol. The van der Waals surface area contributed by atoms with Gasteiger partial charge in [-0.25, -0.2) is 4.79 Å². The van der Waals surface area contributed by atoms with Gasteiger partial charge in [0, 0.05) is 5.69 Å². The molecule has 3 aromatic carbocycles. The lowest BCUT2D eigenvalue weighted by molar-refractivity contribution is 0.167. The summed E-state index contributed by atoms with van der Waals surface area (Å²) in [7, 11) is 1.64. The number of carbonyl (C=O) groups excluding carboxylic acids is 1. The molecule has 0 heterocycles. The minimum atomic E-state index is -0.636. The van der Waals surface area contributed by atoms with E-state index in [2.05, 4.69) is 10.5 Å². The summed E-state index contributed by atoms with van der Waals surface area (Å²) in [4.78, 5) is 16.4. The van der Waals surface area contributed by atoms with Gasteiger partial charge in [0.2, 0.25) is 0 Å². The summed E-state index contributed by atoms with van der Waals surface area (Å²) in [5, 5.41) is 8.41. The van der Waals surface area contributed by atoms with Gasteiger partial charge < -0.3 is 4.74 Å². The number of hydrogen-bond acceptors (Lipinski definition) is 4. The van der Waals surface area contributed by atoms with E-state index in [1.807, 2.05) is 54.6 Å². The predicted molar refractivity (Wildman–Crippen MR) is 94.6 cm³/mol. The van der Waals surface area contributed by atoms with Gasteiger partial charge in [-0.15, -0.1) is 0 Å². The van der Waals surface area contributed by atoms with Crippen LogP contribution in [0.3, 0.4) is 0 Å². The summed E-state index contributed by atoms with van der Waals surface area (Å²) in [6.07, 6.45) is 0.858. The average Bonchev–Trinajstić information content (AvgIpc) is 2.62. The highest BCUT2D eigenvalue weighted by Crippen LogP contribution is 2.21. The zero-order chi connectivity index (χ0) is 16.8. The molecule has 0 aliphatic rings. The molecule has 0 unspecified atom stereocenters. The molecule has 0 fully saturated rings. The standard InChI is InChI=1S/C19H16N2O3/c1-23-18-10-9-15-11-14(7-8-16(15)12-18)13-20-24-19(22)21-17-5-3-2-4-6-17/h2-13H,1H3,(H,21,22)/b20-13-. The van der Waals surface area contributed by atoms with Gasteiger partial charge in [-0.3, -0.25) is 10.2 Å². The fraction of sp³-hybridized carbons (Fsp3) is 0.0526. The van der Waals surface area contributed by atoms with Crippen LogP contribution in [0, 0.1) is 0 Å². The quantitative estimate of drug-likeness (QED) is 0.439. The normalized spacial score (nSPS) is 10.7. The molecule has 5 nitrogen and oxygen atoms in total. The molecule has 0 aliphatic carbocycles. The molecule has 5 heteroatoms. The van der Waals surface area contributed by atoms with Gasteiger partial charge in [0.1, 0.15) is 5.75 Å². The number of carbonyl (C=O) groups is 1. The Morgan fingerprint density at radius 3 is 2.54 bits per heavy atom. The number of fused-ring (bicyclic) bond motifs is 1. The Hall–Kier alpha value is -3.34. The SMILES string of the molecule is COc1ccc2cc(/C=N\OC(=O)Nc3ccccc3)ccc2c1. The van der Waals surface area contributed by atoms with Crippen LogP contribution in [0.15, 0.2) is 71.9 Å². The third-order valence-corrected chi connectivity index (χ3v) is 3.43. The van der Waals surface area contributed by atoms with Crippen LogP contribution in [-0.2, 0) is 4.84 Å². The molecule has 0 saturated heterocycles. The van der Waals surface area contributed by atoms with Crippen LogP contribution in [0.5, 0.6) is 5.75 Å². The van der Waals surface area contributed by atoms with Crippen LogP contribution >= 0.6 is 0 Å². The van der Waals surface area contributed by atoms with Crippen molar-refractivity contribution in [2.24, 2.45) is 5.16 Å². The number of anilines is 1. The Morgan fingerprint density at radius 2 is 1.75 bits per heavy atom. The number of nitrogens with zero attached hydrogens (tertiary/aromatic N) is 1. The van der Waals surface area contributed by atoms with Crippen molar-refractivity contribution < 1.29 is 14.4 Å². The van der Waals surface area contributed by atoms with E-state index in [0.29, 0.717) is 5.69 Å². The molecule has 0 atom stereocenters. The summed E-state index contributed by atoms with van der Waals surface area (Å²) >= 11 is 0. The average molecular weight is 320 g/mol. The van der Waals surface area contributed by atoms with E-state index in [-0.39, 0.29) is 0 Å². The van der Waals surface area contributed by atoms with Gasteiger partial charge in [-0.2, -0.15) is 0 Å². The van der Waals surface area contributed by atoms with Gasteiger partial charge in [-0.05, 0) is 46.7 Å². The highest BCUT2D eigenvalue weighted by atomic mass is 16.7. The number of ether oxygens (including phenoxy) is 1. The number of methoxy groups -OCH3 is 1. The number of oxime groups is 1. The molecule has 24 heavy (non-hydrogen) atoms. The van der Waals surface area contributed by atoms with Gasteiger partial charge in [0.25, 0.3) is 0 Å². The Morgan fingerprint density at radius 1 is 1.00 bits per heavy atom. The van der Waals surface area contributed by atoms with Crippen molar-refractivity contribution in [1.29, 1.82) is 0 Å². The topological polar surface area (TPSA) is 59.9 Å². The molecule has 120 valence electrons. The molecule has 0 radical (unpaired) electrons. The third kappa shape index (κ3) is 3.89. The lowest BCUT2D eigenvalue weighted by atomic mass is 10.1. The van der Waals surface area contributed by atoms with Crippen LogP contribution in [0.2, 0.25) is 0 Å². The van der Waals surface area contributed by atoms with E-state index >= 15 is 0 Å². The van der Waals surface area contributed by atoms with Crippen molar-refractivity contribution >= 4 is 28.8 Å². The molecule has 0 bridgehead atoms. The number of rotatable bonds is 4. The van der Waals surface area contributed by atoms with E-state index in [1.165, 1.54) is 6.21 Å². The van der Waals surface area contributed by atoms with Crippen molar-refractivity contribution in [3.63, 3.8) is 0 Å². The summed E-state index contributed by atoms with van der Waals surface area (Å²) in [5.41, 5.74) is 1.48. The Kier molecular flexibility index (Phi) is 4.72. The van der Waals surface area contributed by atoms with Crippen LogP contribution in [0.4, 0.5) is 10.5 Å². The van der Waals surface area contributed by atoms with Crippen LogP contribution in [0.1, 0.15) is 5.56 Å². The highest BCUT2D eigenvalue weighted by Gasteiger charge is 2.02. The van der Waals surface area contributed by atoms with Gasteiger partial charge in [-0.1, -0.05) is 41.6 Å². The molecule has 0 aliphatic heterocycles. The summed E-state index contributed by atoms with van der Waals surface area (Å²) in [6.45, 7) is 0.